The van der Waals surface area contributed by atoms with Crippen molar-refractivity contribution in [2.24, 2.45) is 0 Å². The van der Waals surface area contributed by atoms with E-state index in [4.69, 9.17) is 14.2 Å². The molecule has 0 fully saturated rings. The van der Waals surface area contributed by atoms with E-state index in [-0.39, 0.29) is 23.7 Å². The molecule has 8 nitrogen and oxygen atoms in total. The lowest BCUT2D eigenvalue weighted by atomic mass is 10.1. The van der Waals surface area contributed by atoms with Crippen LogP contribution in [0.4, 0.5) is 0 Å². The van der Waals surface area contributed by atoms with Crippen LogP contribution in [-0.2, 0) is 25.7 Å². The summed E-state index contributed by atoms with van der Waals surface area (Å²) < 4.78 is 15.1. The summed E-state index contributed by atoms with van der Waals surface area (Å²) in [5, 5.41) is 28.5. The zero-order chi connectivity index (χ0) is 22.6. The van der Waals surface area contributed by atoms with E-state index < -0.39 is 31.3 Å². The van der Waals surface area contributed by atoms with Crippen LogP contribution in [-0.4, -0.2) is 53.7 Å². The van der Waals surface area contributed by atoms with Crippen LogP contribution in [0, 0.1) is 0 Å². The average molecular weight is 428 g/mol. The molecule has 0 spiro atoms. The van der Waals surface area contributed by atoms with Crippen LogP contribution in [0.3, 0.4) is 0 Å². The van der Waals surface area contributed by atoms with Gasteiger partial charge in [0.05, 0.1) is 20.3 Å². The van der Waals surface area contributed by atoms with Gasteiger partial charge in [0.25, 0.3) is 0 Å². The molecule has 0 aromatic heterocycles. The number of aliphatic hydroxyl groups excluding tert-OH is 2. The Morgan fingerprint density at radius 1 is 1.00 bits per heavy atom. The van der Waals surface area contributed by atoms with Crippen molar-refractivity contribution in [3.05, 3.63) is 71.3 Å². The third kappa shape index (κ3) is 7.61. The zero-order valence-electron chi connectivity index (χ0n) is 16.9. The predicted molar refractivity (Wildman–Crippen MR) is 113 cm³/mol. The van der Waals surface area contributed by atoms with Gasteiger partial charge < -0.3 is 29.5 Å². The van der Waals surface area contributed by atoms with Crippen molar-refractivity contribution in [2.45, 2.75) is 12.7 Å². The van der Waals surface area contributed by atoms with E-state index in [9.17, 15) is 24.9 Å². The fourth-order valence-corrected chi connectivity index (χ4v) is 2.50. The van der Waals surface area contributed by atoms with Gasteiger partial charge in [-0.25, -0.2) is 9.59 Å². The Labute approximate surface area is 179 Å². The van der Waals surface area contributed by atoms with Crippen LogP contribution in [0.1, 0.15) is 16.7 Å². The first kappa shape index (κ1) is 23.7. The summed E-state index contributed by atoms with van der Waals surface area (Å²) in [6.07, 6.45) is 4.30. The lowest BCUT2D eigenvalue weighted by Gasteiger charge is -2.14. The number of esters is 2. The van der Waals surface area contributed by atoms with E-state index >= 15 is 0 Å². The summed E-state index contributed by atoms with van der Waals surface area (Å²) in [5.74, 6) is -1.44. The zero-order valence-corrected chi connectivity index (χ0v) is 16.9. The molecule has 0 radical (unpaired) electrons. The molecule has 0 aliphatic carbocycles. The number of aromatic hydroxyl groups is 1. The Morgan fingerprint density at radius 3 is 2.32 bits per heavy atom. The van der Waals surface area contributed by atoms with Crippen LogP contribution < -0.4 is 4.74 Å². The molecule has 0 heterocycles. The molecule has 164 valence electrons. The minimum atomic E-state index is -1.01. The molecule has 0 aliphatic rings. The molecule has 31 heavy (non-hydrogen) atoms. The van der Waals surface area contributed by atoms with Gasteiger partial charge >= 0.3 is 11.9 Å². The Hall–Kier alpha value is -3.62. The molecule has 0 amide bonds. The smallest absolute Gasteiger partial charge is 0.331 e. The first-order valence-electron chi connectivity index (χ1n) is 9.37. The highest BCUT2D eigenvalue weighted by Gasteiger charge is 2.14. The summed E-state index contributed by atoms with van der Waals surface area (Å²) in [7, 11) is 1.36. The van der Waals surface area contributed by atoms with E-state index in [2.05, 4.69) is 0 Å². The summed E-state index contributed by atoms with van der Waals surface area (Å²) in [6.45, 7) is -1.25. The minimum absolute atomic E-state index is 0.149. The lowest BCUT2D eigenvalue weighted by Crippen LogP contribution is -2.27. The van der Waals surface area contributed by atoms with Gasteiger partial charge in [0.2, 0.25) is 0 Å². The fourth-order valence-electron chi connectivity index (χ4n) is 2.50. The predicted octanol–water partition coefficient (Wildman–Crippen LogP) is 2.07. The van der Waals surface area contributed by atoms with Crippen LogP contribution in [0.5, 0.6) is 11.5 Å². The van der Waals surface area contributed by atoms with Crippen LogP contribution in [0.25, 0.3) is 12.2 Å². The van der Waals surface area contributed by atoms with Gasteiger partial charge in [-0.3, -0.25) is 0 Å². The third-order valence-electron chi connectivity index (χ3n) is 4.09. The number of ether oxygens (including phenoxy) is 3. The number of hydrogen-bond acceptors (Lipinski definition) is 8. The van der Waals surface area contributed by atoms with Crippen molar-refractivity contribution in [1.82, 2.24) is 0 Å². The van der Waals surface area contributed by atoms with Crippen molar-refractivity contribution in [3.8, 4) is 11.5 Å². The molecule has 2 aromatic carbocycles. The first-order valence-corrected chi connectivity index (χ1v) is 9.37. The Bertz CT molecular complexity index is 909. The highest BCUT2D eigenvalue weighted by atomic mass is 16.6. The number of methoxy groups -OCH3 is 1. The minimum Gasteiger partial charge on any atom is -0.504 e. The molecule has 0 bridgehead atoms. The standard InChI is InChI=1S/C23H24O8/c1-29-20-12-17(11-18(13-24)23(20)28)8-9-21(26)30-15-19(14-25)31-22(27)10-7-16-5-3-2-4-6-16/h2-12,19,24-25,28H,13-15H2,1H3. The Balaban J connectivity index is 1.88. The monoisotopic (exact) mass is 428 g/mol. The quantitative estimate of drug-likeness (QED) is 0.388. The van der Waals surface area contributed by atoms with Crippen molar-refractivity contribution >= 4 is 24.1 Å². The van der Waals surface area contributed by atoms with Crippen molar-refractivity contribution in [3.63, 3.8) is 0 Å². The molecule has 0 aliphatic heterocycles. The van der Waals surface area contributed by atoms with E-state index in [1.54, 1.807) is 6.08 Å². The van der Waals surface area contributed by atoms with Gasteiger partial charge in [-0.1, -0.05) is 30.3 Å². The topological polar surface area (TPSA) is 123 Å². The van der Waals surface area contributed by atoms with Gasteiger partial charge in [0.1, 0.15) is 6.61 Å². The molecule has 1 unspecified atom stereocenters. The molecular weight excluding hydrogens is 404 g/mol. The molecule has 1 atom stereocenters. The number of aliphatic hydroxyl groups is 2. The largest absolute Gasteiger partial charge is 0.504 e. The van der Waals surface area contributed by atoms with Crippen LogP contribution >= 0.6 is 0 Å². The van der Waals surface area contributed by atoms with Gasteiger partial charge in [-0.2, -0.15) is 0 Å². The maximum Gasteiger partial charge on any atom is 0.331 e. The SMILES string of the molecule is COc1cc(C=CC(=O)OCC(CO)OC(=O)C=Cc2ccccc2)cc(CO)c1O. The van der Waals surface area contributed by atoms with Crippen LogP contribution in [0.15, 0.2) is 54.6 Å². The van der Waals surface area contributed by atoms with Gasteiger partial charge in [0.15, 0.2) is 17.6 Å². The molecular formula is C23H24O8. The number of rotatable bonds is 10. The Kier molecular flexibility index (Phi) is 9.28. The molecule has 0 saturated carbocycles. The highest BCUT2D eigenvalue weighted by molar-refractivity contribution is 5.88. The molecule has 2 rings (SSSR count). The average Bonchev–Trinajstić information content (AvgIpc) is 2.80. The van der Waals surface area contributed by atoms with Gasteiger partial charge in [0, 0.05) is 17.7 Å². The third-order valence-corrected chi connectivity index (χ3v) is 4.09. The highest BCUT2D eigenvalue weighted by Crippen LogP contribution is 2.31. The first-order chi connectivity index (χ1) is 15.0. The normalized spacial score (nSPS) is 12.1. The van der Waals surface area contributed by atoms with Crippen LogP contribution in [0.2, 0.25) is 0 Å². The van der Waals surface area contributed by atoms with Crippen molar-refractivity contribution < 1.29 is 39.1 Å². The second kappa shape index (κ2) is 12.2. The lowest BCUT2D eigenvalue weighted by molar-refractivity contribution is -0.154. The molecule has 2 aromatic rings. The number of benzene rings is 2. The second-order valence-corrected chi connectivity index (χ2v) is 6.34. The number of hydrogen-bond donors (Lipinski definition) is 3. The molecule has 8 heteroatoms. The van der Waals surface area contributed by atoms with E-state index in [0.717, 1.165) is 11.6 Å². The number of carbonyl (C=O) groups is 2. The molecule has 0 saturated heterocycles. The Morgan fingerprint density at radius 2 is 1.68 bits per heavy atom. The second-order valence-electron chi connectivity index (χ2n) is 6.34. The number of phenols is 1. The maximum atomic E-state index is 11.9. The summed E-state index contributed by atoms with van der Waals surface area (Å²) in [5.41, 5.74) is 1.54. The van der Waals surface area contributed by atoms with Gasteiger partial charge in [-0.05, 0) is 35.4 Å². The summed E-state index contributed by atoms with van der Waals surface area (Å²) >= 11 is 0. The molecule has 3 N–H and O–H groups in total. The summed E-state index contributed by atoms with van der Waals surface area (Å²) in [4.78, 5) is 23.8. The van der Waals surface area contributed by atoms with Gasteiger partial charge in [-0.15, -0.1) is 0 Å². The van der Waals surface area contributed by atoms with Crippen molar-refractivity contribution in [1.29, 1.82) is 0 Å². The van der Waals surface area contributed by atoms with E-state index in [1.807, 2.05) is 30.3 Å². The summed E-state index contributed by atoms with van der Waals surface area (Å²) in [6, 6.07) is 12.1. The maximum absolute atomic E-state index is 11.9. The van der Waals surface area contributed by atoms with E-state index in [0.29, 0.717) is 5.56 Å². The van der Waals surface area contributed by atoms with E-state index in [1.165, 1.54) is 31.4 Å². The fraction of sp³-hybridized carbons (Fsp3) is 0.217. The number of carbonyl (C=O) groups excluding carboxylic acids is 2. The van der Waals surface area contributed by atoms with Crippen molar-refractivity contribution in [2.75, 3.05) is 20.3 Å².